The zero-order chi connectivity index (χ0) is 15.6. The number of rotatable bonds is 3. The van der Waals surface area contributed by atoms with Gasteiger partial charge in [-0.3, -0.25) is 14.5 Å². The third-order valence-corrected chi connectivity index (χ3v) is 4.73. The topological polar surface area (TPSA) is 46.8 Å². The lowest BCUT2D eigenvalue weighted by Gasteiger charge is -2.27. The Morgan fingerprint density at radius 1 is 1.13 bits per heavy atom. The Hall–Kier alpha value is -2.25. The monoisotopic (exact) mass is 327 g/mol. The molecule has 23 heavy (non-hydrogen) atoms. The first-order valence-electron chi connectivity index (χ1n) is 7.23. The molecule has 0 N–H and O–H groups in total. The molecule has 3 aromatic rings. The summed E-state index contributed by atoms with van der Waals surface area (Å²) in [6.45, 7) is 1.51. The van der Waals surface area contributed by atoms with Crippen molar-refractivity contribution in [2.75, 3.05) is 5.88 Å². The minimum Gasteiger partial charge on any atom is -0.288 e. The zero-order valence-corrected chi connectivity index (χ0v) is 13.1. The molecular weight excluding hydrogens is 313 g/mol. The number of pyridine rings is 1. The summed E-state index contributed by atoms with van der Waals surface area (Å²) in [4.78, 5) is 6.33. The standard InChI is InChI=1S/C16H14FN5S/c17-14-3-1-2-13(8-14)15-19-20-16-22(15)10-21(11-23-16)9-12-4-6-18-7-5-12/h1-8H,9-11H2. The van der Waals surface area contributed by atoms with Gasteiger partial charge in [0.2, 0.25) is 0 Å². The summed E-state index contributed by atoms with van der Waals surface area (Å²) in [5.74, 6) is 1.28. The van der Waals surface area contributed by atoms with Crippen LogP contribution in [0, 0.1) is 5.82 Å². The second-order valence-corrected chi connectivity index (χ2v) is 6.26. The molecule has 2 aromatic heterocycles. The first-order valence-corrected chi connectivity index (χ1v) is 8.21. The Kier molecular flexibility index (Phi) is 3.80. The van der Waals surface area contributed by atoms with Crippen molar-refractivity contribution in [2.24, 2.45) is 0 Å². The van der Waals surface area contributed by atoms with Crippen LogP contribution in [-0.4, -0.2) is 30.5 Å². The van der Waals surface area contributed by atoms with Crippen molar-refractivity contribution in [3.63, 3.8) is 0 Å². The fourth-order valence-electron chi connectivity index (χ4n) is 2.60. The average Bonchev–Trinajstić information content (AvgIpc) is 2.99. The highest BCUT2D eigenvalue weighted by molar-refractivity contribution is 7.99. The largest absolute Gasteiger partial charge is 0.288 e. The van der Waals surface area contributed by atoms with Crippen LogP contribution >= 0.6 is 11.8 Å². The van der Waals surface area contributed by atoms with Crippen LogP contribution < -0.4 is 0 Å². The van der Waals surface area contributed by atoms with E-state index in [9.17, 15) is 4.39 Å². The molecule has 0 atom stereocenters. The van der Waals surface area contributed by atoms with E-state index in [0.717, 1.165) is 23.1 Å². The second-order valence-electron chi connectivity index (χ2n) is 5.34. The van der Waals surface area contributed by atoms with Crippen molar-refractivity contribution in [2.45, 2.75) is 18.4 Å². The first kappa shape index (κ1) is 14.3. The molecule has 0 spiro atoms. The van der Waals surface area contributed by atoms with Gasteiger partial charge in [0.1, 0.15) is 5.82 Å². The molecule has 0 aliphatic carbocycles. The maximum Gasteiger partial charge on any atom is 0.193 e. The van der Waals surface area contributed by atoms with E-state index in [1.54, 1.807) is 30.2 Å². The highest BCUT2D eigenvalue weighted by Crippen LogP contribution is 2.29. The Morgan fingerprint density at radius 2 is 2.00 bits per heavy atom. The number of aromatic nitrogens is 4. The molecule has 0 saturated heterocycles. The lowest BCUT2D eigenvalue weighted by molar-refractivity contribution is 0.231. The van der Waals surface area contributed by atoms with Crippen LogP contribution in [0.15, 0.2) is 53.9 Å². The molecule has 7 heteroatoms. The fraction of sp³-hybridized carbons (Fsp3) is 0.188. The lowest BCUT2D eigenvalue weighted by Crippen LogP contribution is -2.30. The van der Waals surface area contributed by atoms with E-state index >= 15 is 0 Å². The number of benzene rings is 1. The fourth-order valence-corrected chi connectivity index (χ4v) is 3.47. The number of hydrogen-bond acceptors (Lipinski definition) is 5. The first-order chi connectivity index (χ1) is 11.3. The van der Waals surface area contributed by atoms with Gasteiger partial charge in [-0.15, -0.1) is 10.2 Å². The quantitative estimate of drug-likeness (QED) is 0.740. The molecule has 0 unspecified atom stereocenters. The van der Waals surface area contributed by atoms with Gasteiger partial charge in [0.15, 0.2) is 11.0 Å². The number of thioether (sulfide) groups is 1. The van der Waals surface area contributed by atoms with Gasteiger partial charge in [0, 0.05) is 24.5 Å². The molecule has 0 saturated carbocycles. The predicted octanol–water partition coefficient (Wildman–Crippen LogP) is 3.00. The van der Waals surface area contributed by atoms with E-state index in [-0.39, 0.29) is 5.82 Å². The highest BCUT2D eigenvalue weighted by Gasteiger charge is 2.22. The Bertz CT molecular complexity index is 820. The molecule has 116 valence electrons. The summed E-state index contributed by atoms with van der Waals surface area (Å²) in [5, 5.41) is 9.33. The maximum absolute atomic E-state index is 13.5. The normalized spacial score (nSPS) is 14.7. The van der Waals surface area contributed by atoms with Crippen molar-refractivity contribution in [3.05, 3.63) is 60.2 Å². The number of halogens is 1. The van der Waals surface area contributed by atoms with Crippen LogP contribution in [0.4, 0.5) is 4.39 Å². The SMILES string of the molecule is Fc1cccc(-c2nnc3n2CN(Cc2ccncc2)CS3)c1. The van der Waals surface area contributed by atoms with Gasteiger partial charge in [-0.25, -0.2) is 4.39 Å². The van der Waals surface area contributed by atoms with Crippen LogP contribution in [-0.2, 0) is 13.2 Å². The van der Waals surface area contributed by atoms with E-state index in [4.69, 9.17) is 0 Å². The van der Waals surface area contributed by atoms with E-state index in [1.807, 2.05) is 22.8 Å². The summed E-state index contributed by atoms with van der Waals surface area (Å²) in [5.41, 5.74) is 1.96. The molecule has 1 aromatic carbocycles. The van der Waals surface area contributed by atoms with Crippen LogP contribution in [0.5, 0.6) is 0 Å². The van der Waals surface area contributed by atoms with Gasteiger partial charge >= 0.3 is 0 Å². The average molecular weight is 327 g/mol. The Balaban J connectivity index is 1.60. The number of hydrogen-bond donors (Lipinski definition) is 0. The van der Waals surface area contributed by atoms with E-state index in [1.165, 1.54) is 17.7 Å². The van der Waals surface area contributed by atoms with Gasteiger partial charge in [-0.1, -0.05) is 23.9 Å². The van der Waals surface area contributed by atoms with Crippen LogP contribution in [0.25, 0.3) is 11.4 Å². The third kappa shape index (κ3) is 2.97. The van der Waals surface area contributed by atoms with Gasteiger partial charge in [-0.2, -0.15) is 0 Å². The molecule has 0 fully saturated rings. The van der Waals surface area contributed by atoms with Gasteiger partial charge in [0.05, 0.1) is 12.5 Å². The van der Waals surface area contributed by atoms with Crippen molar-refractivity contribution >= 4 is 11.8 Å². The van der Waals surface area contributed by atoms with Gasteiger partial charge < -0.3 is 0 Å². The summed E-state index contributed by atoms with van der Waals surface area (Å²) in [6.07, 6.45) is 3.60. The molecule has 0 amide bonds. The van der Waals surface area contributed by atoms with Crippen molar-refractivity contribution < 1.29 is 4.39 Å². The molecular formula is C16H14FN5S. The number of fused-ring (bicyclic) bond motifs is 1. The van der Waals surface area contributed by atoms with Gasteiger partial charge in [-0.05, 0) is 29.8 Å². The molecule has 1 aliphatic heterocycles. The molecule has 4 rings (SSSR count). The molecule has 5 nitrogen and oxygen atoms in total. The molecule has 1 aliphatic rings. The second kappa shape index (κ2) is 6.10. The Labute approximate surface area is 137 Å². The summed E-state index contributed by atoms with van der Waals surface area (Å²) >= 11 is 1.64. The highest BCUT2D eigenvalue weighted by atomic mass is 32.2. The van der Waals surface area contributed by atoms with Crippen molar-refractivity contribution in [3.8, 4) is 11.4 Å². The molecule has 0 radical (unpaired) electrons. The van der Waals surface area contributed by atoms with E-state index in [2.05, 4.69) is 20.1 Å². The van der Waals surface area contributed by atoms with Crippen molar-refractivity contribution in [1.29, 1.82) is 0 Å². The third-order valence-electron chi connectivity index (χ3n) is 3.67. The minimum absolute atomic E-state index is 0.267. The van der Waals surface area contributed by atoms with Crippen LogP contribution in [0.3, 0.4) is 0 Å². The van der Waals surface area contributed by atoms with E-state index in [0.29, 0.717) is 12.5 Å². The number of nitrogens with zero attached hydrogens (tertiary/aromatic N) is 5. The summed E-state index contributed by atoms with van der Waals surface area (Å²) in [7, 11) is 0. The zero-order valence-electron chi connectivity index (χ0n) is 12.3. The Morgan fingerprint density at radius 3 is 2.83 bits per heavy atom. The summed E-state index contributed by atoms with van der Waals surface area (Å²) < 4.78 is 15.5. The van der Waals surface area contributed by atoms with E-state index < -0.39 is 0 Å². The lowest BCUT2D eigenvalue weighted by atomic mass is 10.2. The van der Waals surface area contributed by atoms with Gasteiger partial charge in [0.25, 0.3) is 0 Å². The minimum atomic E-state index is -0.267. The van der Waals surface area contributed by atoms with Crippen LogP contribution in [0.1, 0.15) is 5.56 Å². The van der Waals surface area contributed by atoms with Crippen LogP contribution in [0.2, 0.25) is 0 Å². The predicted molar refractivity (Wildman–Crippen MR) is 85.9 cm³/mol. The van der Waals surface area contributed by atoms with Crippen molar-refractivity contribution in [1.82, 2.24) is 24.6 Å². The summed E-state index contributed by atoms with van der Waals surface area (Å²) in [6, 6.07) is 10.5. The molecule has 3 heterocycles. The molecule has 0 bridgehead atoms. The smallest absolute Gasteiger partial charge is 0.193 e. The maximum atomic E-state index is 13.5.